The number of aldehydes is 1. The number of nitrogens with zero attached hydrogens (tertiary/aromatic N) is 2. The third-order valence-corrected chi connectivity index (χ3v) is 8.93. The van der Waals surface area contributed by atoms with Gasteiger partial charge in [-0.3, -0.25) is 4.79 Å². The number of ether oxygens (including phenoxy) is 7. The van der Waals surface area contributed by atoms with Crippen molar-refractivity contribution in [2.24, 2.45) is 0 Å². The number of methoxy groups -OCH3 is 2. The van der Waals surface area contributed by atoms with Crippen LogP contribution in [0.15, 0.2) is 78.4 Å². The minimum absolute atomic E-state index is 0.00417. The van der Waals surface area contributed by atoms with Gasteiger partial charge >= 0.3 is 5.97 Å². The molecule has 1 unspecified atom stereocenters. The van der Waals surface area contributed by atoms with Crippen molar-refractivity contribution < 1.29 is 47.9 Å². The molecule has 5 aromatic rings. The van der Waals surface area contributed by atoms with Crippen molar-refractivity contribution >= 4 is 40.6 Å². The van der Waals surface area contributed by atoms with Crippen LogP contribution in [0.1, 0.15) is 82.4 Å². The van der Waals surface area contributed by atoms with E-state index in [2.05, 4.69) is 8.75 Å². The standard InChI is InChI=1S/C30H30N2O6S.C14H20O4/c1-17(2)36-26-15-19(14-25(35-5)28(26)37-18(3)4)13-22-27(20-11-12-23-24(16-20)32-39-31-23)29(33)38-30(22,34)21-9-7-6-8-10-21;1-9(2)17-13-7-11(8-15)6-12(16-5)14(13)18-10(3)4/h6-12,14-18,34H,13H2,1-5H3;6-10H,1-5H3. The summed E-state index contributed by atoms with van der Waals surface area (Å²) in [4.78, 5) is 24.3. The van der Waals surface area contributed by atoms with Gasteiger partial charge in [-0.25, -0.2) is 4.79 Å². The molecule has 0 fully saturated rings. The zero-order valence-corrected chi connectivity index (χ0v) is 34.8. The van der Waals surface area contributed by atoms with Crippen LogP contribution in [-0.4, -0.2) is 64.7 Å². The maximum atomic E-state index is 13.4. The van der Waals surface area contributed by atoms with Gasteiger partial charge < -0.3 is 38.3 Å². The third-order valence-electron chi connectivity index (χ3n) is 8.38. The summed E-state index contributed by atoms with van der Waals surface area (Å²) in [5.41, 5.74) is 4.36. The van der Waals surface area contributed by atoms with Crippen molar-refractivity contribution in [2.75, 3.05) is 14.2 Å². The molecule has 0 saturated carbocycles. The molecule has 1 N–H and O–H groups in total. The summed E-state index contributed by atoms with van der Waals surface area (Å²) in [6.07, 6.45) is 0.696. The van der Waals surface area contributed by atoms with Crippen molar-refractivity contribution in [1.29, 1.82) is 0 Å². The Morgan fingerprint density at radius 1 is 0.702 bits per heavy atom. The van der Waals surface area contributed by atoms with Gasteiger partial charge in [-0.05, 0) is 103 Å². The van der Waals surface area contributed by atoms with E-state index in [-0.39, 0.29) is 36.4 Å². The molecule has 0 spiro atoms. The zero-order chi connectivity index (χ0) is 41.4. The monoisotopic (exact) mass is 798 g/mol. The van der Waals surface area contributed by atoms with Crippen LogP contribution in [0, 0.1) is 0 Å². The van der Waals surface area contributed by atoms with E-state index in [0.717, 1.165) is 29.1 Å². The lowest BCUT2D eigenvalue weighted by Gasteiger charge is -2.26. The van der Waals surface area contributed by atoms with Crippen LogP contribution in [-0.2, 0) is 21.7 Å². The topological polar surface area (TPSA) is 145 Å². The molecule has 1 aliphatic rings. The van der Waals surface area contributed by atoms with Gasteiger partial charge in [0.2, 0.25) is 11.5 Å². The van der Waals surface area contributed by atoms with Gasteiger partial charge in [-0.2, -0.15) is 8.75 Å². The number of benzene rings is 4. The molecule has 13 heteroatoms. The Bertz CT molecular complexity index is 2210. The summed E-state index contributed by atoms with van der Waals surface area (Å²) in [5.74, 6) is 0.474. The number of aliphatic hydroxyl groups is 1. The van der Waals surface area contributed by atoms with Gasteiger partial charge in [0.25, 0.3) is 5.79 Å². The van der Waals surface area contributed by atoms with Gasteiger partial charge in [0.1, 0.15) is 17.3 Å². The highest BCUT2D eigenvalue weighted by atomic mass is 32.1. The average Bonchev–Trinajstić information content (AvgIpc) is 3.73. The first-order valence-electron chi connectivity index (χ1n) is 18.7. The number of hydrogen-bond donors (Lipinski definition) is 1. The van der Waals surface area contributed by atoms with E-state index in [1.54, 1.807) is 55.6 Å². The van der Waals surface area contributed by atoms with Crippen molar-refractivity contribution in [3.63, 3.8) is 0 Å². The summed E-state index contributed by atoms with van der Waals surface area (Å²) in [7, 11) is 3.10. The molecule has 2 heterocycles. The molecule has 6 rings (SSSR count). The van der Waals surface area contributed by atoms with Crippen molar-refractivity contribution in [2.45, 2.75) is 92.0 Å². The molecule has 12 nitrogen and oxygen atoms in total. The van der Waals surface area contributed by atoms with Crippen molar-refractivity contribution in [3.8, 4) is 34.5 Å². The molecular formula is C44H50N2O10S. The first-order chi connectivity index (χ1) is 27.2. The van der Waals surface area contributed by atoms with Gasteiger partial charge in [-0.15, -0.1) is 0 Å². The average molecular weight is 799 g/mol. The van der Waals surface area contributed by atoms with Crippen LogP contribution >= 0.6 is 11.7 Å². The van der Waals surface area contributed by atoms with Crippen LogP contribution in [0.4, 0.5) is 0 Å². The summed E-state index contributed by atoms with van der Waals surface area (Å²) in [5, 5.41) is 12.0. The second-order valence-corrected chi connectivity index (χ2v) is 14.9. The van der Waals surface area contributed by atoms with Crippen LogP contribution in [0.25, 0.3) is 16.6 Å². The number of carbonyl (C=O) groups is 2. The number of rotatable bonds is 15. The number of aromatic nitrogens is 2. The molecule has 1 aliphatic heterocycles. The summed E-state index contributed by atoms with van der Waals surface area (Å²) < 4.78 is 48.8. The van der Waals surface area contributed by atoms with Crippen molar-refractivity contribution in [3.05, 3.63) is 101 Å². The van der Waals surface area contributed by atoms with E-state index in [9.17, 15) is 14.7 Å². The fourth-order valence-corrected chi connectivity index (χ4v) is 6.68. The minimum atomic E-state index is -1.97. The Balaban J connectivity index is 0.000000290. The largest absolute Gasteiger partial charge is 0.493 e. The van der Waals surface area contributed by atoms with Crippen LogP contribution in [0.3, 0.4) is 0 Å². The molecule has 1 aromatic heterocycles. The molecule has 0 bridgehead atoms. The van der Waals surface area contributed by atoms with E-state index in [1.165, 1.54) is 7.11 Å². The lowest BCUT2D eigenvalue weighted by molar-refractivity contribution is -0.185. The first kappa shape index (κ1) is 42.5. The molecule has 57 heavy (non-hydrogen) atoms. The Hall–Kier alpha value is -5.66. The highest BCUT2D eigenvalue weighted by Crippen LogP contribution is 2.47. The van der Waals surface area contributed by atoms with Gasteiger partial charge in [-0.1, -0.05) is 36.4 Å². The molecule has 0 saturated heterocycles. The second-order valence-electron chi connectivity index (χ2n) is 14.4. The van der Waals surface area contributed by atoms with E-state index < -0.39 is 11.8 Å². The second kappa shape index (κ2) is 18.5. The molecular weight excluding hydrogens is 749 g/mol. The number of esters is 1. The Kier molecular flexibility index (Phi) is 13.8. The maximum absolute atomic E-state index is 13.4. The zero-order valence-electron chi connectivity index (χ0n) is 33.9. The van der Waals surface area contributed by atoms with Gasteiger partial charge in [0.15, 0.2) is 23.0 Å². The van der Waals surface area contributed by atoms with Crippen LogP contribution < -0.4 is 28.4 Å². The summed E-state index contributed by atoms with van der Waals surface area (Å²) in [6, 6.07) is 21.3. The van der Waals surface area contributed by atoms with Crippen LogP contribution in [0.2, 0.25) is 0 Å². The number of fused-ring (bicyclic) bond motifs is 1. The fraction of sp³-hybridized carbons (Fsp3) is 0.364. The Morgan fingerprint density at radius 2 is 1.23 bits per heavy atom. The highest BCUT2D eigenvalue weighted by molar-refractivity contribution is 7.00. The van der Waals surface area contributed by atoms with E-state index in [0.29, 0.717) is 62.3 Å². The molecule has 1 atom stereocenters. The minimum Gasteiger partial charge on any atom is -0.493 e. The highest BCUT2D eigenvalue weighted by Gasteiger charge is 2.48. The summed E-state index contributed by atoms with van der Waals surface area (Å²) >= 11 is 1.10. The smallest absolute Gasteiger partial charge is 0.342 e. The van der Waals surface area contributed by atoms with Crippen LogP contribution in [0.5, 0.6) is 34.5 Å². The third kappa shape index (κ3) is 10.0. The van der Waals surface area contributed by atoms with Gasteiger partial charge in [0.05, 0.1) is 55.9 Å². The normalized spacial score (nSPS) is 15.2. The number of hydrogen-bond acceptors (Lipinski definition) is 13. The molecule has 0 radical (unpaired) electrons. The molecule has 4 aromatic carbocycles. The summed E-state index contributed by atoms with van der Waals surface area (Å²) in [6.45, 7) is 15.4. The number of cyclic esters (lactones) is 1. The predicted octanol–water partition coefficient (Wildman–Crippen LogP) is 8.75. The molecule has 0 aliphatic carbocycles. The van der Waals surface area contributed by atoms with E-state index >= 15 is 0 Å². The molecule has 302 valence electrons. The quantitative estimate of drug-likeness (QED) is 0.0799. The van der Waals surface area contributed by atoms with E-state index in [1.807, 2.05) is 79.7 Å². The molecule has 0 amide bonds. The maximum Gasteiger partial charge on any atom is 0.342 e. The van der Waals surface area contributed by atoms with Gasteiger partial charge in [0, 0.05) is 23.1 Å². The Morgan fingerprint density at radius 3 is 1.79 bits per heavy atom. The predicted molar refractivity (Wildman–Crippen MR) is 219 cm³/mol. The van der Waals surface area contributed by atoms with E-state index in [4.69, 9.17) is 33.2 Å². The lowest BCUT2D eigenvalue weighted by atomic mass is 9.88. The number of carbonyl (C=O) groups excluding carboxylic acids is 2. The SMILES string of the molecule is COc1cc(C=O)cc(OC(C)C)c1OC(C)C.COc1cc(CC2=C(c3ccc4nsnc4c3)C(=O)OC2(O)c2ccccc2)cc(OC(C)C)c1OC(C)C. The fourth-order valence-electron chi connectivity index (χ4n) is 6.17. The first-order valence-corrected chi connectivity index (χ1v) is 19.4. The lowest BCUT2D eigenvalue weighted by Crippen LogP contribution is -2.29. The van der Waals surface area contributed by atoms with Crippen molar-refractivity contribution in [1.82, 2.24) is 8.75 Å². The Labute approximate surface area is 337 Å².